The fourth-order valence-electron chi connectivity index (χ4n) is 2.32. The van der Waals surface area contributed by atoms with Gasteiger partial charge in [-0.3, -0.25) is 0 Å². The molecule has 0 spiro atoms. The molecule has 0 saturated carbocycles. The highest BCUT2D eigenvalue weighted by Crippen LogP contribution is 2.19. The molecule has 0 radical (unpaired) electrons. The van der Waals surface area contributed by atoms with Gasteiger partial charge in [0.2, 0.25) is 10.0 Å². The molecule has 1 heterocycles. The van der Waals surface area contributed by atoms with Crippen LogP contribution in [0.3, 0.4) is 0 Å². The Kier molecular flexibility index (Phi) is 4.72. The second kappa shape index (κ2) is 6.15. The maximum Gasteiger partial charge on any atom is 0.243 e. The third-order valence-electron chi connectivity index (χ3n) is 3.71. The van der Waals surface area contributed by atoms with Crippen molar-refractivity contribution in [2.24, 2.45) is 11.8 Å². The lowest BCUT2D eigenvalue weighted by Gasteiger charge is -2.29. The van der Waals surface area contributed by atoms with E-state index in [0.717, 1.165) is 31.6 Å². The summed E-state index contributed by atoms with van der Waals surface area (Å²) in [5, 5.41) is 3.20. The first-order valence-corrected chi connectivity index (χ1v) is 8.04. The Morgan fingerprint density at radius 2 is 2.15 bits per heavy atom. The number of sulfonamides is 1. The normalized spacial score (nSPS) is 23.8. The Bertz CT molecular complexity index is 578. The zero-order valence-electron chi connectivity index (χ0n) is 11.2. The van der Waals surface area contributed by atoms with Crippen LogP contribution in [0.4, 0.5) is 8.78 Å². The minimum Gasteiger partial charge on any atom is -0.316 e. The lowest BCUT2D eigenvalue weighted by Crippen LogP contribution is -2.42. The fourth-order valence-corrected chi connectivity index (χ4v) is 3.47. The van der Waals surface area contributed by atoms with Crippen molar-refractivity contribution in [1.29, 1.82) is 0 Å². The lowest BCUT2D eigenvalue weighted by molar-refractivity contribution is 0.275. The zero-order chi connectivity index (χ0) is 14.8. The van der Waals surface area contributed by atoms with Crippen molar-refractivity contribution in [3.8, 4) is 0 Å². The van der Waals surface area contributed by atoms with Crippen molar-refractivity contribution >= 4 is 10.0 Å². The van der Waals surface area contributed by atoms with E-state index in [0.29, 0.717) is 12.0 Å². The summed E-state index contributed by atoms with van der Waals surface area (Å²) in [7, 11) is -3.95. The van der Waals surface area contributed by atoms with Gasteiger partial charge in [-0.05, 0) is 43.5 Å². The van der Waals surface area contributed by atoms with E-state index >= 15 is 0 Å². The molecule has 0 bridgehead atoms. The summed E-state index contributed by atoms with van der Waals surface area (Å²) < 4.78 is 52.8. The fraction of sp³-hybridized carbons (Fsp3) is 0.538. The van der Waals surface area contributed by atoms with Gasteiger partial charge in [-0.15, -0.1) is 0 Å². The Morgan fingerprint density at radius 3 is 2.80 bits per heavy atom. The molecule has 0 aromatic heterocycles. The van der Waals surface area contributed by atoms with Gasteiger partial charge < -0.3 is 5.32 Å². The van der Waals surface area contributed by atoms with Gasteiger partial charge in [-0.1, -0.05) is 6.92 Å². The molecule has 1 aromatic carbocycles. The Morgan fingerprint density at radius 1 is 1.40 bits per heavy atom. The third kappa shape index (κ3) is 3.53. The van der Waals surface area contributed by atoms with E-state index < -0.39 is 26.6 Å². The van der Waals surface area contributed by atoms with Gasteiger partial charge in [0.15, 0.2) is 0 Å². The minimum atomic E-state index is -3.95. The molecule has 2 rings (SSSR count). The van der Waals surface area contributed by atoms with Crippen LogP contribution in [0.1, 0.15) is 13.3 Å². The number of hydrogen-bond donors (Lipinski definition) is 2. The molecule has 112 valence electrons. The molecule has 20 heavy (non-hydrogen) atoms. The lowest BCUT2D eigenvalue weighted by atomic mass is 9.88. The molecular weight excluding hydrogens is 286 g/mol. The smallest absolute Gasteiger partial charge is 0.243 e. The van der Waals surface area contributed by atoms with Crippen LogP contribution >= 0.6 is 0 Å². The molecule has 2 unspecified atom stereocenters. The third-order valence-corrected chi connectivity index (χ3v) is 5.16. The second-order valence-corrected chi connectivity index (χ2v) is 6.89. The van der Waals surface area contributed by atoms with Gasteiger partial charge in [-0.25, -0.2) is 21.9 Å². The first-order chi connectivity index (χ1) is 9.40. The van der Waals surface area contributed by atoms with E-state index in [2.05, 4.69) is 17.0 Å². The predicted octanol–water partition coefficient (Wildman–Crippen LogP) is 1.49. The van der Waals surface area contributed by atoms with E-state index in [4.69, 9.17) is 0 Å². The van der Waals surface area contributed by atoms with Crippen LogP contribution in [0.5, 0.6) is 0 Å². The maximum absolute atomic E-state index is 13.5. The van der Waals surface area contributed by atoms with Crippen LogP contribution in [0.2, 0.25) is 0 Å². The van der Waals surface area contributed by atoms with Crippen LogP contribution in [0.15, 0.2) is 23.1 Å². The van der Waals surface area contributed by atoms with Crippen molar-refractivity contribution in [1.82, 2.24) is 10.0 Å². The summed E-state index contributed by atoms with van der Waals surface area (Å²) in [6, 6.07) is 2.44. The van der Waals surface area contributed by atoms with Crippen LogP contribution in [0.25, 0.3) is 0 Å². The van der Waals surface area contributed by atoms with Crippen molar-refractivity contribution in [3.63, 3.8) is 0 Å². The van der Waals surface area contributed by atoms with Gasteiger partial charge in [0, 0.05) is 12.6 Å². The number of halogens is 2. The molecular formula is C13H18F2N2O2S. The highest BCUT2D eigenvalue weighted by atomic mass is 32.2. The van der Waals surface area contributed by atoms with E-state index in [1.807, 2.05) is 0 Å². The average Bonchev–Trinajstić information content (AvgIpc) is 2.37. The summed E-state index contributed by atoms with van der Waals surface area (Å²) in [6.45, 7) is 3.97. The summed E-state index contributed by atoms with van der Waals surface area (Å²) >= 11 is 0. The minimum absolute atomic E-state index is 0.169. The van der Waals surface area contributed by atoms with Gasteiger partial charge in [0.25, 0.3) is 0 Å². The first-order valence-electron chi connectivity index (χ1n) is 6.55. The number of rotatable bonds is 4. The average molecular weight is 304 g/mol. The summed E-state index contributed by atoms with van der Waals surface area (Å²) in [5.41, 5.74) is 0. The summed E-state index contributed by atoms with van der Waals surface area (Å²) in [5.74, 6) is -1.31. The molecule has 0 aliphatic carbocycles. The highest BCUT2D eigenvalue weighted by molar-refractivity contribution is 7.89. The monoisotopic (exact) mass is 304 g/mol. The maximum atomic E-state index is 13.5. The SMILES string of the molecule is CC1CCNCC1CNS(=O)(=O)c1ccc(F)cc1F. The topological polar surface area (TPSA) is 58.2 Å². The predicted molar refractivity (Wildman–Crippen MR) is 71.7 cm³/mol. The molecule has 1 aliphatic heterocycles. The van der Waals surface area contributed by atoms with Crippen LogP contribution in [-0.4, -0.2) is 28.1 Å². The summed E-state index contributed by atoms with van der Waals surface area (Å²) in [4.78, 5) is -0.518. The molecule has 2 N–H and O–H groups in total. The zero-order valence-corrected chi connectivity index (χ0v) is 12.0. The number of benzene rings is 1. The molecule has 1 aromatic rings. The molecule has 1 aliphatic rings. The van der Waals surface area contributed by atoms with Crippen LogP contribution < -0.4 is 10.0 Å². The van der Waals surface area contributed by atoms with Gasteiger partial charge in [-0.2, -0.15) is 0 Å². The highest BCUT2D eigenvalue weighted by Gasteiger charge is 2.25. The van der Waals surface area contributed by atoms with E-state index in [9.17, 15) is 17.2 Å². The molecule has 1 fully saturated rings. The molecule has 1 saturated heterocycles. The molecule has 2 atom stereocenters. The number of nitrogens with one attached hydrogen (secondary N) is 2. The van der Waals surface area contributed by atoms with E-state index in [1.165, 1.54) is 0 Å². The molecule has 7 heteroatoms. The Balaban J connectivity index is 2.07. The van der Waals surface area contributed by atoms with Crippen molar-refractivity contribution in [2.75, 3.05) is 19.6 Å². The Labute approximate surface area is 117 Å². The quantitative estimate of drug-likeness (QED) is 0.886. The van der Waals surface area contributed by atoms with Gasteiger partial charge >= 0.3 is 0 Å². The van der Waals surface area contributed by atoms with Crippen LogP contribution in [-0.2, 0) is 10.0 Å². The van der Waals surface area contributed by atoms with Crippen molar-refractivity contribution in [3.05, 3.63) is 29.8 Å². The van der Waals surface area contributed by atoms with Crippen LogP contribution in [0, 0.1) is 23.5 Å². The number of hydrogen-bond acceptors (Lipinski definition) is 3. The van der Waals surface area contributed by atoms with Gasteiger partial charge in [0.1, 0.15) is 16.5 Å². The summed E-state index contributed by atoms with van der Waals surface area (Å²) in [6.07, 6.45) is 0.983. The van der Waals surface area contributed by atoms with E-state index in [-0.39, 0.29) is 12.5 Å². The largest absolute Gasteiger partial charge is 0.316 e. The number of piperidine rings is 1. The first kappa shape index (κ1) is 15.3. The molecule has 4 nitrogen and oxygen atoms in total. The standard InChI is InChI=1S/C13H18F2N2O2S/c1-9-4-5-16-7-10(9)8-17-20(18,19)13-3-2-11(14)6-12(13)15/h2-3,6,9-10,16-17H,4-5,7-8H2,1H3. The van der Waals surface area contributed by atoms with Gasteiger partial charge in [0.05, 0.1) is 0 Å². The Hall–Kier alpha value is -1.05. The van der Waals surface area contributed by atoms with Crippen molar-refractivity contribution in [2.45, 2.75) is 18.2 Å². The van der Waals surface area contributed by atoms with Crippen molar-refractivity contribution < 1.29 is 17.2 Å². The second-order valence-electron chi connectivity index (χ2n) is 5.16. The molecule has 0 amide bonds. The van der Waals surface area contributed by atoms with E-state index in [1.54, 1.807) is 0 Å².